The minimum atomic E-state index is -0.209. The maximum Gasteiger partial charge on any atom is 0.263 e. The quantitative estimate of drug-likeness (QED) is 0.536. The average molecular weight is 434 g/mol. The van der Waals surface area contributed by atoms with Crippen molar-refractivity contribution in [1.82, 2.24) is 19.6 Å². The largest absolute Gasteiger partial charge is 0.368 e. The van der Waals surface area contributed by atoms with Crippen LogP contribution in [-0.4, -0.2) is 64.1 Å². The minimum Gasteiger partial charge on any atom is -0.368 e. The van der Waals surface area contributed by atoms with Crippen LogP contribution in [-0.2, 0) is 13.6 Å². The summed E-state index contributed by atoms with van der Waals surface area (Å²) in [6.07, 6.45) is 10.0. The Morgan fingerprint density at radius 2 is 1.88 bits per heavy atom. The summed E-state index contributed by atoms with van der Waals surface area (Å²) in [5.41, 5.74) is 3.84. The van der Waals surface area contributed by atoms with E-state index in [-0.39, 0.29) is 18.4 Å². The highest BCUT2D eigenvalue weighted by Gasteiger charge is 2.39. The molecule has 3 heterocycles. The Kier molecular flexibility index (Phi) is 5.59. The number of allylic oxidation sites excluding steroid dienone is 2. The highest BCUT2D eigenvalue weighted by atomic mass is 16.2. The van der Waals surface area contributed by atoms with Gasteiger partial charge in [-0.1, -0.05) is 18.2 Å². The molecular weight excluding hydrogens is 402 g/mol. The van der Waals surface area contributed by atoms with Crippen LogP contribution in [0.25, 0.3) is 0 Å². The second-order valence-electron chi connectivity index (χ2n) is 9.21. The van der Waals surface area contributed by atoms with E-state index in [0.29, 0.717) is 11.1 Å². The van der Waals surface area contributed by atoms with Crippen LogP contribution < -0.4 is 4.90 Å². The van der Waals surface area contributed by atoms with E-state index in [2.05, 4.69) is 27.1 Å². The molecule has 2 amide bonds. The van der Waals surface area contributed by atoms with Gasteiger partial charge in [0.1, 0.15) is 0 Å². The van der Waals surface area contributed by atoms with Crippen molar-refractivity contribution in [3.05, 3.63) is 58.9 Å². The normalized spacial score (nSPS) is 21.5. The number of fused-ring (bicyclic) bond motifs is 1. The third-order valence-corrected chi connectivity index (χ3v) is 7.25. The molecule has 32 heavy (non-hydrogen) atoms. The second-order valence-corrected chi connectivity index (χ2v) is 9.21. The Morgan fingerprint density at radius 3 is 2.56 bits per heavy atom. The van der Waals surface area contributed by atoms with Gasteiger partial charge in [0.25, 0.3) is 11.8 Å². The second kappa shape index (κ2) is 8.54. The number of piperazine rings is 1. The minimum absolute atomic E-state index is 0.194. The smallest absolute Gasteiger partial charge is 0.263 e. The number of rotatable bonds is 5. The fourth-order valence-electron chi connectivity index (χ4n) is 5.15. The van der Waals surface area contributed by atoms with Crippen LogP contribution in [0, 0.1) is 12.8 Å². The first-order chi connectivity index (χ1) is 15.5. The molecule has 1 saturated heterocycles. The number of anilines is 1. The van der Waals surface area contributed by atoms with Crippen LogP contribution in [0.5, 0.6) is 0 Å². The number of aryl methyl sites for hydroxylation is 1. The van der Waals surface area contributed by atoms with Crippen LogP contribution >= 0.6 is 0 Å². The Bertz CT molecular complexity index is 1060. The molecule has 0 spiro atoms. The fourth-order valence-corrected chi connectivity index (χ4v) is 5.15. The van der Waals surface area contributed by atoms with Gasteiger partial charge in [-0.05, 0) is 44.2 Å². The van der Waals surface area contributed by atoms with Crippen molar-refractivity contribution in [2.45, 2.75) is 32.7 Å². The van der Waals surface area contributed by atoms with Crippen LogP contribution in [0.2, 0.25) is 0 Å². The lowest BCUT2D eigenvalue weighted by Crippen LogP contribution is -2.48. The summed E-state index contributed by atoms with van der Waals surface area (Å²) >= 11 is 0. The van der Waals surface area contributed by atoms with E-state index in [1.165, 1.54) is 24.2 Å². The van der Waals surface area contributed by atoms with E-state index in [4.69, 9.17) is 0 Å². The third kappa shape index (κ3) is 3.75. The lowest BCUT2D eigenvalue weighted by Gasteiger charge is -2.38. The molecule has 1 aromatic heterocycles. The van der Waals surface area contributed by atoms with Gasteiger partial charge in [-0.3, -0.25) is 24.1 Å². The first-order valence-corrected chi connectivity index (χ1v) is 11.6. The first kappa shape index (κ1) is 20.9. The molecule has 1 unspecified atom stereocenters. The van der Waals surface area contributed by atoms with E-state index < -0.39 is 0 Å². The van der Waals surface area contributed by atoms with Crippen molar-refractivity contribution in [3.8, 4) is 0 Å². The molecule has 7 heteroatoms. The molecular formula is C25H31N5O2. The highest BCUT2D eigenvalue weighted by molar-refractivity contribution is 6.23. The number of nitrogens with zero attached hydrogens (tertiary/aromatic N) is 5. The molecule has 1 aliphatic carbocycles. The number of imide groups is 1. The zero-order valence-corrected chi connectivity index (χ0v) is 19.0. The van der Waals surface area contributed by atoms with Gasteiger partial charge < -0.3 is 4.90 Å². The van der Waals surface area contributed by atoms with E-state index in [9.17, 15) is 9.59 Å². The molecule has 168 valence electrons. The summed E-state index contributed by atoms with van der Waals surface area (Å²) in [6, 6.07) is 5.67. The monoisotopic (exact) mass is 433 g/mol. The topological polar surface area (TPSA) is 61.7 Å². The molecule has 0 saturated carbocycles. The predicted octanol–water partition coefficient (Wildman–Crippen LogP) is 3.00. The summed E-state index contributed by atoms with van der Waals surface area (Å²) < 4.78 is 1.77. The number of amides is 2. The Balaban J connectivity index is 1.30. The van der Waals surface area contributed by atoms with Gasteiger partial charge in [-0.15, -0.1) is 0 Å². The third-order valence-electron chi connectivity index (χ3n) is 7.25. The number of carbonyl (C=O) groups is 2. The molecule has 5 rings (SSSR count). The summed E-state index contributed by atoms with van der Waals surface area (Å²) in [5, 5.41) is 4.25. The summed E-state index contributed by atoms with van der Waals surface area (Å²) in [4.78, 5) is 32.6. The lowest BCUT2D eigenvalue weighted by molar-refractivity contribution is 0.0642. The highest BCUT2D eigenvalue weighted by Crippen LogP contribution is 2.33. The van der Waals surface area contributed by atoms with Crippen LogP contribution in [0.3, 0.4) is 0 Å². The van der Waals surface area contributed by atoms with Crippen molar-refractivity contribution in [2.75, 3.05) is 37.6 Å². The molecule has 3 aliphatic rings. The Morgan fingerprint density at radius 1 is 1.06 bits per heavy atom. The molecule has 1 fully saturated rings. The summed E-state index contributed by atoms with van der Waals surface area (Å²) in [6.45, 7) is 7.10. The van der Waals surface area contributed by atoms with Gasteiger partial charge in [-0.2, -0.15) is 5.10 Å². The maximum atomic E-state index is 13.4. The van der Waals surface area contributed by atoms with Gasteiger partial charge in [-0.25, -0.2) is 0 Å². The van der Waals surface area contributed by atoms with Crippen LogP contribution in [0.4, 0.5) is 5.69 Å². The number of benzene rings is 1. The van der Waals surface area contributed by atoms with Gasteiger partial charge in [0.05, 0.1) is 29.6 Å². The Labute approximate surface area is 189 Å². The van der Waals surface area contributed by atoms with E-state index in [1.807, 2.05) is 26.1 Å². The van der Waals surface area contributed by atoms with Gasteiger partial charge >= 0.3 is 0 Å². The maximum absolute atomic E-state index is 13.4. The predicted molar refractivity (Wildman–Crippen MR) is 124 cm³/mol. The van der Waals surface area contributed by atoms with Gasteiger partial charge in [0, 0.05) is 51.0 Å². The summed E-state index contributed by atoms with van der Waals surface area (Å²) in [7, 11) is 1.87. The number of hydrogen-bond donors (Lipinski definition) is 0. The molecule has 0 radical (unpaired) electrons. The first-order valence-electron chi connectivity index (χ1n) is 11.6. The van der Waals surface area contributed by atoms with Crippen LogP contribution in [0.1, 0.15) is 51.2 Å². The number of aromatic nitrogens is 2. The van der Waals surface area contributed by atoms with E-state index >= 15 is 0 Å². The van der Waals surface area contributed by atoms with E-state index in [1.54, 1.807) is 16.9 Å². The lowest BCUT2D eigenvalue weighted by atomic mass is 9.94. The molecule has 0 N–H and O–H groups in total. The molecule has 7 nitrogen and oxygen atoms in total. The van der Waals surface area contributed by atoms with Crippen molar-refractivity contribution in [2.24, 2.45) is 13.0 Å². The van der Waals surface area contributed by atoms with Gasteiger partial charge in [0.15, 0.2) is 0 Å². The number of hydrogen-bond acceptors (Lipinski definition) is 5. The SMILES string of the molecule is Cc1c(CN2C(=O)c3cccc(N4CCN(CC5CC=CCC5)CC4)c3C2=O)cnn1C. The molecule has 2 aromatic rings. The van der Waals surface area contributed by atoms with E-state index in [0.717, 1.165) is 55.6 Å². The van der Waals surface area contributed by atoms with Crippen molar-refractivity contribution >= 4 is 17.5 Å². The number of carbonyl (C=O) groups excluding carboxylic acids is 2. The fraction of sp³-hybridized carbons (Fsp3) is 0.480. The standard InChI is InChI=1S/C25H31N5O2/c1-18-20(15-26-27(18)2)17-30-24(31)21-9-6-10-22(23(21)25(30)32)29-13-11-28(12-14-29)16-19-7-4-3-5-8-19/h3-4,6,9-10,15,19H,5,7-8,11-14,16-17H2,1-2H3. The zero-order chi connectivity index (χ0) is 22.2. The molecule has 1 atom stereocenters. The van der Waals surface area contributed by atoms with Crippen molar-refractivity contribution in [1.29, 1.82) is 0 Å². The van der Waals surface area contributed by atoms with Crippen molar-refractivity contribution in [3.63, 3.8) is 0 Å². The zero-order valence-electron chi connectivity index (χ0n) is 19.0. The summed E-state index contributed by atoms with van der Waals surface area (Å²) in [5.74, 6) is 0.357. The van der Waals surface area contributed by atoms with Gasteiger partial charge in [0.2, 0.25) is 0 Å². The molecule has 2 aliphatic heterocycles. The molecule has 1 aromatic carbocycles. The Hall–Kier alpha value is -2.93. The van der Waals surface area contributed by atoms with Crippen molar-refractivity contribution < 1.29 is 9.59 Å². The average Bonchev–Trinajstić information content (AvgIpc) is 3.26. The molecule has 0 bridgehead atoms. The van der Waals surface area contributed by atoms with Crippen LogP contribution in [0.15, 0.2) is 36.5 Å².